The third kappa shape index (κ3) is 3.98. The SMILES string of the molecule is CN1CCC[C@H]1C1(O)CCN(c2ccc(CC(S)S)nc2)CC1. The summed E-state index contributed by atoms with van der Waals surface area (Å²) in [6.07, 6.45) is 6.69. The average molecular weight is 354 g/mol. The summed E-state index contributed by atoms with van der Waals surface area (Å²) in [4.78, 5) is 9.17. The molecule has 0 unspecified atom stereocenters. The number of pyridine rings is 1. The summed E-state index contributed by atoms with van der Waals surface area (Å²) in [5, 5.41) is 11.0. The Morgan fingerprint density at radius 3 is 2.57 bits per heavy atom. The van der Waals surface area contributed by atoms with Gasteiger partial charge < -0.3 is 14.9 Å². The zero-order valence-corrected chi connectivity index (χ0v) is 15.5. The number of likely N-dealkylation sites (tertiary alicyclic amines) is 1. The van der Waals surface area contributed by atoms with E-state index in [1.807, 2.05) is 6.20 Å². The summed E-state index contributed by atoms with van der Waals surface area (Å²) >= 11 is 8.58. The maximum atomic E-state index is 11.0. The van der Waals surface area contributed by atoms with Crippen LogP contribution >= 0.6 is 25.3 Å². The highest BCUT2D eigenvalue weighted by atomic mass is 32.2. The fraction of sp³-hybridized carbons (Fsp3) is 0.706. The van der Waals surface area contributed by atoms with Gasteiger partial charge in [-0.1, -0.05) is 0 Å². The zero-order valence-electron chi connectivity index (χ0n) is 13.7. The predicted octanol–water partition coefficient (Wildman–Crippen LogP) is 2.24. The monoisotopic (exact) mass is 353 g/mol. The molecule has 1 aromatic rings. The van der Waals surface area contributed by atoms with E-state index in [4.69, 9.17) is 0 Å². The lowest BCUT2D eigenvalue weighted by atomic mass is 9.83. The normalized spacial score (nSPS) is 25.3. The van der Waals surface area contributed by atoms with Crippen molar-refractivity contribution in [3.05, 3.63) is 24.0 Å². The van der Waals surface area contributed by atoms with E-state index in [-0.39, 0.29) is 4.58 Å². The van der Waals surface area contributed by atoms with Gasteiger partial charge in [0.1, 0.15) is 0 Å². The summed E-state index contributed by atoms with van der Waals surface area (Å²) in [5.74, 6) is 0. The van der Waals surface area contributed by atoms with Gasteiger partial charge in [0.15, 0.2) is 0 Å². The largest absolute Gasteiger partial charge is 0.388 e. The summed E-state index contributed by atoms with van der Waals surface area (Å²) in [5.41, 5.74) is 1.63. The molecule has 0 aromatic carbocycles. The fourth-order valence-electron chi connectivity index (χ4n) is 3.99. The Kier molecular flexibility index (Phi) is 5.46. The molecule has 0 spiro atoms. The van der Waals surface area contributed by atoms with Crippen molar-refractivity contribution < 1.29 is 5.11 Å². The maximum absolute atomic E-state index is 11.0. The molecule has 128 valence electrons. The van der Waals surface area contributed by atoms with Gasteiger partial charge in [-0.25, -0.2) is 0 Å². The topological polar surface area (TPSA) is 39.6 Å². The minimum Gasteiger partial charge on any atom is -0.388 e. The second-order valence-corrected chi connectivity index (χ2v) is 8.58. The minimum absolute atomic E-state index is 0.0294. The molecule has 1 aromatic heterocycles. The van der Waals surface area contributed by atoms with Crippen molar-refractivity contribution in [2.45, 2.75) is 48.3 Å². The van der Waals surface area contributed by atoms with E-state index in [9.17, 15) is 5.11 Å². The number of aliphatic hydroxyl groups is 1. The summed E-state index contributed by atoms with van der Waals surface area (Å²) in [6, 6.07) is 4.51. The Morgan fingerprint density at radius 1 is 1.30 bits per heavy atom. The van der Waals surface area contributed by atoms with Crippen LogP contribution in [0.3, 0.4) is 0 Å². The molecule has 2 aliphatic rings. The van der Waals surface area contributed by atoms with Gasteiger partial charge in [0.05, 0.1) is 17.5 Å². The molecule has 23 heavy (non-hydrogen) atoms. The van der Waals surface area contributed by atoms with Crippen LogP contribution in [-0.4, -0.2) is 57.9 Å². The van der Waals surface area contributed by atoms with Gasteiger partial charge in [0, 0.05) is 35.8 Å². The molecule has 4 nitrogen and oxygen atoms in total. The molecule has 0 aliphatic carbocycles. The number of aromatic nitrogens is 1. The van der Waals surface area contributed by atoms with Crippen LogP contribution < -0.4 is 4.90 Å². The Morgan fingerprint density at radius 2 is 2.04 bits per heavy atom. The highest BCUT2D eigenvalue weighted by Crippen LogP contribution is 2.35. The number of piperidine rings is 1. The zero-order chi connectivity index (χ0) is 16.4. The van der Waals surface area contributed by atoms with Crippen LogP contribution in [0.1, 0.15) is 31.4 Å². The summed E-state index contributed by atoms with van der Waals surface area (Å²) < 4.78 is 0.0294. The van der Waals surface area contributed by atoms with Gasteiger partial charge >= 0.3 is 0 Å². The molecular weight excluding hydrogens is 326 g/mol. The van der Waals surface area contributed by atoms with Crippen LogP contribution in [0.25, 0.3) is 0 Å². The molecule has 0 bridgehead atoms. The molecule has 3 rings (SSSR count). The number of hydrogen-bond acceptors (Lipinski definition) is 6. The Labute approximate surface area is 150 Å². The number of nitrogens with zero attached hydrogens (tertiary/aromatic N) is 3. The van der Waals surface area contributed by atoms with E-state index in [1.54, 1.807) is 0 Å². The standard InChI is InChI=1S/C17H27N3OS2/c1-19-8-2-3-15(19)17(21)6-9-20(10-7-17)14-5-4-13(18-12-14)11-16(22)23/h4-5,12,15-16,21-23H,2-3,6-11H2,1H3/t15-/m0/s1. The molecule has 2 saturated heterocycles. The van der Waals surface area contributed by atoms with E-state index in [1.165, 1.54) is 6.42 Å². The fourth-order valence-corrected chi connectivity index (χ4v) is 4.36. The van der Waals surface area contributed by atoms with E-state index in [2.05, 4.69) is 59.2 Å². The van der Waals surface area contributed by atoms with Crippen LogP contribution in [0.15, 0.2) is 18.3 Å². The van der Waals surface area contributed by atoms with Crippen molar-refractivity contribution in [2.75, 3.05) is 31.6 Å². The van der Waals surface area contributed by atoms with Gasteiger partial charge in [-0.15, -0.1) is 0 Å². The smallest absolute Gasteiger partial charge is 0.0835 e. The number of anilines is 1. The second kappa shape index (κ2) is 7.21. The molecule has 0 amide bonds. The lowest BCUT2D eigenvalue weighted by Crippen LogP contribution is -2.55. The third-order valence-corrected chi connectivity index (χ3v) is 5.70. The highest BCUT2D eigenvalue weighted by Gasteiger charge is 2.43. The first-order valence-corrected chi connectivity index (χ1v) is 9.50. The van der Waals surface area contributed by atoms with Gasteiger partial charge in [0.25, 0.3) is 0 Å². The maximum Gasteiger partial charge on any atom is 0.0835 e. The van der Waals surface area contributed by atoms with Gasteiger partial charge in [-0.3, -0.25) is 4.98 Å². The first-order chi connectivity index (χ1) is 11.0. The molecule has 1 N–H and O–H groups in total. The molecular formula is C17H27N3OS2. The van der Waals surface area contributed by atoms with Gasteiger partial charge in [-0.2, -0.15) is 25.3 Å². The second-order valence-electron chi connectivity index (χ2n) is 6.92. The summed E-state index contributed by atoms with van der Waals surface area (Å²) in [7, 11) is 2.14. The molecule has 2 aliphatic heterocycles. The Bertz CT molecular complexity index is 515. The van der Waals surface area contributed by atoms with Crippen molar-refractivity contribution in [1.82, 2.24) is 9.88 Å². The number of rotatable bonds is 4. The molecule has 1 atom stereocenters. The Hall–Kier alpha value is -0.430. The van der Waals surface area contributed by atoms with E-state index in [0.29, 0.717) is 6.04 Å². The molecule has 2 fully saturated rings. The van der Waals surface area contributed by atoms with Crippen LogP contribution in [-0.2, 0) is 6.42 Å². The van der Waals surface area contributed by atoms with E-state index < -0.39 is 5.60 Å². The minimum atomic E-state index is -0.527. The van der Waals surface area contributed by atoms with Crippen molar-refractivity contribution in [3.8, 4) is 0 Å². The van der Waals surface area contributed by atoms with Crippen molar-refractivity contribution >= 4 is 30.9 Å². The Balaban J connectivity index is 1.60. The lowest BCUT2D eigenvalue weighted by molar-refractivity contribution is -0.0449. The molecule has 6 heteroatoms. The third-order valence-electron chi connectivity index (χ3n) is 5.34. The molecule has 0 saturated carbocycles. The predicted molar refractivity (Wildman–Crippen MR) is 102 cm³/mol. The van der Waals surface area contributed by atoms with Gasteiger partial charge in [0.2, 0.25) is 0 Å². The number of likely N-dealkylation sites (N-methyl/N-ethyl adjacent to an activating group) is 1. The van der Waals surface area contributed by atoms with Crippen LogP contribution in [0.4, 0.5) is 5.69 Å². The van der Waals surface area contributed by atoms with Crippen molar-refractivity contribution in [3.63, 3.8) is 0 Å². The number of hydrogen-bond donors (Lipinski definition) is 3. The van der Waals surface area contributed by atoms with Crippen LogP contribution in [0.2, 0.25) is 0 Å². The first kappa shape index (κ1) is 17.4. The van der Waals surface area contributed by atoms with E-state index in [0.717, 1.165) is 56.7 Å². The average Bonchev–Trinajstić information content (AvgIpc) is 2.95. The molecule has 3 heterocycles. The molecule has 0 radical (unpaired) electrons. The van der Waals surface area contributed by atoms with Crippen LogP contribution in [0.5, 0.6) is 0 Å². The highest BCUT2D eigenvalue weighted by molar-refractivity contribution is 7.99. The lowest BCUT2D eigenvalue weighted by Gasteiger charge is -2.44. The van der Waals surface area contributed by atoms with Crippen molar-refractivity contribution in [2.24, 2.45) is 0 Å². The quantitative estimate of drug-likeness (QED) is 0.573. The van der Waals surface area contributed by atoms with Crippen LogP contribution in [0, 0.1) is 0 Å². The summed E-state index contributed by atoms with van der Waals surface area (Å²) in [6.45, 7) is 2.90. The van der Waals surface area contributed by atoms with Crippen molar-refractivity contribution in [1.29, 1.82) is 0 Å². The first-order valence-electron chi connectivity index (χ1n) is 8.46. The van der Waals surface area contributed by atoms with E-state index >= 15 is 0 Å². The number of thiol groups is 2. The van der Waals surface area contributed by atoms with Gasteiger partial charge in [-0.05, 0) is 51.4 Å².